The molecule has 0 aromatic heterocycles. The van der Waals surface area contributed by atoms with Gasteiger partial charge in [0.15, 0.2) is 0 Å². The zero-order valence-electron chi connectivity index (χ0n) is 12.0. The largest absolute Gasteiger partial charge is 0.0654 e. The van der Waals surface area contributed by atoms with Crippen molar-refractivity contribution in [3.63, 3.8) is 0 Å². The standard InChI is InChI=1S/C16H32/c1-5-7-10-16(11-8-6-2)12-9-14(3)15(4)13-16/h14-15H,5-13H2,1-4H3. The van der Waals surface area contributed by atoms with Gasteiger partial charge in [-0.1, -0.05) is 53.4 Å². The highest BCUT2D eigenvalue weighted by atomic mass is 14.4. The summed E-state index contributed by atoms with van der Waals surface area (Å²) in [7, 11) is 0. The van der Waals surface area contributed by atoms with E-state index in [9.17, 15) is 0 Å². The number of hydrogen-bond acceptors (Lipinski definition) is 0. The van der Waals surface area contributed by atoms with Crippen LogP contribution in [0.1, 0.15) is 85.5 Å². The molecule has 96 valence electrons. The summed E-state index contributed by atoms with van der Waals surface area (Å²) in [6.45, 7) is 9.61. The van der Waals surface area contributed by atoms with E-state index in [2.05, 4.69) is 27.7 Å². The van der Waals surface area contributed by atoms with Gasteiger partial charge in [-0.05, 0) is 49.4 Å². The van der Waals surface area contributed by atoms with Crippen LogP contribution in [0.4, 0.5) is 0 Å². The second-order valence-electron chi connectivity index (χ2n) is 6.40. The maximum Gasteiger partial charge on any atom is -0.0295 e. The van der Waals surface area contributed by atoms with Crippen LogP contribution in [0.5, 0.6) is 0 Å². The van der Waals surface area contributed by atoms with Crippen LogP contribution in [0.15, 0.2) is 0 Å². The van der Waals surface area contributed by atoms with E-state index in [1.807, 2.05) is 0 Å². The third-order valence-electron chi connectivity index (χ3n) is 4.98. The van der Waals surface area contributed by atoms with Crippen LogP contribution in [-0.4, -0.2) is 0 Å². The molecule has 0 radical (unpaired) electrons. The Balaban J connectivity index is 2.55. The van der Waals surface area contributed by atoms with E-state index in [1.165, 1.54) is 57.8 Å². The van der Waals surface area contributed by atoms with Crippen LogP contribution >= 0.6 is 0 Å². The molecule has 1 saturated carbocycles. The quantitative estimate of drug-likeness (QED) is 0.534. The molecule has 2 atom stereocenters. The molecule has 0 aliphatic heterocycles. The van der Waals surface area contributed by atoms with Crippen molar-refractivity contribution >= 4 is 0 Å². The lowest BCUT2D eigenvalue weighted by Crippen LogP contribution is -2.31. The lowest BCUT2D eigenvalue weighted by molar-refractivity contribution is 0.0798. The molecule has 1 rings (SSSR count). The molecule has 2 unspecified atom stereocenters. The topological polar surface area (TPSA) is 0 Å². The first kappa shape index (κ1) is 14.1. The Bertz CT molecular complexity index is 169. The normalized spacial score (nSPS) is 29.2. The monoisotopic (exact) mass is 224 g/mol. The highest BCUT2D eigenvalue weighted by Gasteiger charge is 2.36. The number of hydrogen-bond donors (Lipinski definition) is 0. The summed E-state index contributed by atoms with van der Waals surface area (Å²) in [5, 5.41) is 0. The minimum atomic E-state index is 0.734. The summed E-state index contributed by atoms with van der Waals surface area (Å²) in [6, 6.07) is 0. The van der Waals surface area contributed by atoms with Crippen LogP contribution in [0, 0.1) is 17.3 Å². The van der Waals surface area contributed by atoms with E-state index in [4.69, 9.17) is 0 Å². The van der Waals surface area contributed by atoms with E-state index in [0.29, 0.717) is 0 Å². The van der Waals surface area contributed by atoms with Crippen LogP contribution < -0.4 is 0 Å². The first-order valence-electron chi connectivity index (χ1n) is 7.63. The van der Waals surface area contributed by atoms with Gasteiger partial charge in [-0.2, -0.15) is 0 Å². The Hall–Kier alpha value is 0. The molecule has 1 aliphatic rings. The third kappa shape index (κ3) is 3.79. The highest BCUT2D eigenvalue weighted by molar-refractivity contribution is 4.87. The van der Waals surface area contributed by atoms with Crippen molar-refractivity contribution in [1.29, 1.82) is 0 Å². The van der Waals surface area contributed by atoms with Crippen molar-refractivity contribution in [3.8, 4) is 0 Å². The predicted molar refractivity (Wildman–Crippen MR) is 73.7 cm³/mol. The van der Waals surface area contributed by atoms with Gasteiger partial charge in [0, 0.05) is 0 Å². The van der Waals surface area contributed by atoms with Gasteiger partial charge in [0.2, 0.25) is 0 Å². The first-order chi connectivity index (χ1) is 7.63. The van der Waals surface area contributed by atoms with Gasteiger partial charge in [-0.25, -0.2) is 0 Å². The van der Waals surface area contributed by atoms with Crippen molar-refractivity contribution in [1.82, 2.24) is 0 Å². The molecule has 0 amide bonds. The Morgan fingerprint density at radius 2 is 1.50 bits per heavy atom. The van der Waals surface area contributed by atoms with Crippen LogP contribution in [0.25, 0.3) is 0 Å². The van der Waals surface area contributed by atoms with Gasteiger partial charge in [0.25, 0.3) is 0 Å². The molecule has 1 aliphatic carbocycles. The molecule has 1 fully saturated rings. The summed E-state index contributed by atoms with van der Waals surface area (Å²) >= 11 is 0. The molecule has 0 aromatic rings. The van der Waals surface area contributed by atoms with Crippen molar-refractivity contribution in [3.05, 3.63) is 0 Å². The number of rotatable bonds is 6. The van der Waals surface area contributed by atoms with E-state index >= 15 is 0 Å². The molecule has 0 aromatic carbocycles. The molecule has 0 spiro atoms. The van der Waals surface area contributed by atoms with Crippen LogP contribution in [-0.2, 0) is 0 Å². The molecular formula is C16H32. The predicted octanol–water partition coefficient (Wildman–Crippen LogP) is 5.81. The molecule has 0 heteroatoms. The molecule has 16 heavy (non-hydrogen) atoms. The Kier molecular flexibility index (Phi) is 5.86. The summed E-state index contributed by atoms with van der Waals surface area (Å²) in [4.78, 5) is 0. The fourth-order valence-corrected chi connectivity index (χ4v) is 3.49. The maximum absolute atomic E-state index is 2.48. The molecule has 0 saturated heterocycles. The minimum Gasteiger partial charge on any atom is -0.0654 e. The zero-order chi connectivity index (χ0) is 12.0. The van der Waals surface area contributed by atoms with Crippen LogP contribution in [0.3, 0.4) is 0 Å². The molecular weight excluding hydrogens is 192 g/mol. The van der Waals surface area contributed by atoms with Gasteiger partial charge in [-0.15, -0.1) is 0 Å². The minimum absolute atomic E-state index is 0.734. The van der Waals surface area contributed by atoms with E-state index in [-0.39, 0.29) is 0 Å². The Morgan fingerprint density at radius 3 is 1.94 bits per heavy atom. The lowest BCUT2D eigenvalue weighted by atomic mass is 9.62. The second-order valence-corrected chi connectivity index (χ2v) is 6.40. The van der Waals surface area contributed by atoms with Crippen molar-refractivity contribution in [2.45, 2.75) is 85.5 Å². The fraction of sp³-hybridized carbons (Fsp3) is 1.00. The fourth-order valence-electron chi connectivity index (χ4n) is 3.49. The van der Waals surface area contributed by atoms with E-state index in [1.54, 1.807) is 0 Å². The molecule has 0 bridgehead atoms. The summed E-state index contributed by atoms with van der Waals surface area (Å²) in [6.07, 6.45) is 13.1. The SMILES string of the molecule is CCCCC1(CCCC)CCC(C)C(C)C1. The number of unbranched alkanes of at least 4 members (excludes halogenated alkanes) is 2. The molecule has 0 nitrogen and oxygen atoms in total. The summed E-state index contributed by atoms with van der Waals surface area (Å²) in [5.41, 5.74) is 0.734. The van der Waals surface area contributed by atoms with E-state index in [0.717, 1.165) is 17.3 Å². The molecule has 0 heterocycles. The van der Waals surface area contributed by atoms with Gasteiger partial charge >= 0.3 is 0 Å². The van der Waals surface area contributed by atoms with E-state index < -0.39 is 0 Å². The smallest absolute Gasteiger partial charge is 0.0295 e. The first-order valence-corrected chi connectivity index (χ1v) is 7.63. The lowest BCUT2D eigenvalue weighted by Gasteiger charge is -2.43. The van der Waals surface area contributed by atoms with Gasteiger partial charge < -0.3 is 0 Å². The Labute approximate surface area is 103 Å². The van der Waals surface area contributed by atoms with Crippen LogP contribution in [0.2, 0.25) is 0 Å². The average molecular weight is 224 g/mol. The van der Waals surface area contributed by atoms with Gasteiger partial charge in [0.1, 0.15) is 0 Å². The second kappa shape index (κ2) is 6.67. The highest BCUT2D eigenvalue weighted by Crippen LogP contribution is 2.48. The average Bonchev–Trinajstić information content (AvgIpc) is 2.29. The zero-order valence-corrected chi connectivity index (χ0v) is 12.0. The van der Waals surface area contributed by atoms with Gasteiger partial charge in [-0.3, -0.25) is 0 Å². The molecule has 0 N–H and O–H groups in total. The van der Waals surface area contributed by atoms with Crippen molar-refractivity contribution < 1.29 is 0 Å². The van der Waals surface area contributed by atoms with Crippen molar-refractivity contribution in [2.75, 3.05) is 0 Å². The van der Waals surface area contributed by atoms with Crippen molar-refractivity contribution in [2.24, 2.45) is 17.3 Å². The third-order valence-corrected chi connectivity index (χ3v) is 4.98. The Morgan fingerprint density at radius 1 is 0.938 bits per heavy atom. The summed E-state index contributed by atoms with van der Waals surface area (Å²) < 4.78 is 0. The summed E-state index contributed by atoms with van der Waals surface area (Å²) in [5.74, 6) is 1.93. The van der Waals surface area contributed by atoms with Gasteiger partial charge in [0.05, 0.1) is 0 Å². The maximum atomic E-state index is 2.48.